The predicted octanol–water partition coefficient (Wildman–Crippen LogP) is 0.388. The van der Waals surface area contributed by atoms with E-state index in [-0.39, 0.29) is 11.5 Å². The number of sulfone groups is 1. The summed E-state index contributed by atoms with van der Waals surface area (Å²) in [7, 11) is -2.95. The number of nitrogens with two attached hydrogens (primary N) is 1. The van der Waals surface area contributed by atoms with E-state index in [1.165, 1.54) is 0 Å². The van der Waals surface area contributed by atoms with Gasteiger partial charge in [0.2, 0.25) is 0 Å². The first-order valence-corrected chi connectivity index (χ1v) is 6.75. The van der Waals surface area contributed by atoms with E-state index in [0.717, 1.165) is 5.56 Å². The summed E-state index contributed by atoms with van der Waals surface area (Å²) >= 11 is 0. The second-order valence-electron chi connectivity index (χ2n) is 3.41. The summed E-state index contributed by atoms with van der Waals surface area (Å²) in [4.78, 5) is 3.93. The van der Waals surface area contributed by atoms with E-state index in [0.29, 0.717) is 19.4 Å². The molecule has 0 amide bonds. The maximum Gasteiger partial charge on any atom is 0.150 e. The Bertz CT molecular complexity index is 376. The molecule has 0 unspecified atom stereocenters. The Balaban J connectivity index is 2.43. The highest BCUT2D eigenvalue weighted by Crippen LogP contribution is 2.01. The van der Waals surface area contributed by atoms with Crippen LogP contribution in [0, 0.1) is 0 Å². The predicted molar refractivity (Wildman–Crippen MR) is 60.3 cm³/mol. The van der Waals surface area contributed by atoms with Gasteiger partial charge in [0.15, 0.2) is 9.84 Å². The van der Waals surface area contributed by atoms with Crippen LogP contribution < -0.4 is 5.73 Å². The third-order valence-corrected chi connectivity index (χ3v) is 3.82. The van der Waals surface area contributed by atoms with Crippen molar-refractivity contribution >= 4 is 9.84 Å². The van der Waals surface area contributed by atoms with Gasteiger partial charge in [-0.25, -0.2) is 8.42 Å². The first kappa shape index (κ1) is 12.1. The smallest absolute Gasteiger partial charge is 0.150 e. The van der Waals surface area contributed by atoms with Gasteiger partial charge in [-0.2, -0.15) is 0 Å². The lowest BCUT2D eigenvalue weighted by molar-refractivity contribution is 0.593. The second kappa shape index (κ2) is 5.82. The van der Waals surface area contributed by atoms with Gasteiger partial charge in [-0.05, 0) is 31.0 Å². The first-order chi connectivity index (χ1) is 7.14. The largest absolute Gasteiger partial charge is 0.330 e. The molecule has 0 aliphatic rings. The van der Waals surface area contributed by atoms with E-state index in [4.69, 9.17) is 5.73 Å². The van der Waals surface area contributed by atoms with Crippen LogP contribution in [0.1, 0.15) is 12.0 Å². The Labute approximate surface area is 90.4 Å². The molecule has 0 spiro atoms. The molecule has 1 aromatic rings. The SMILES string of the molecule is NCCCS(=O)(=O)CCc1cccnc1. The molecule has 0 atom stereocenters. The molecule has 1 heterocycles. The van der Waals surface area contributed by atoms with Crippen LogP contribution in [0.3, 0.4) is 0 Å². The van der Waals surface area contributed by atoms with Gasteiger partial charge in [-0.15, -0.1) is 0 Å². The van der Waals surface area contributed by atoms with Gasteiger partial charge in [0.05, 0.1) is 11.5 Å². The summed E-state index contributed by atoms with van der Waals surface area (Å²) in [6, 6.07) is 3.69. The zero-order valence-corrected chi connectivity index (χ0v) is 9.41. The third-order valence-electron chi connectivity index (χ3n) is 2.08. The van der Waals surface area contributed by atoms with Crippen molar-refractivity contribution in [3.63, 3.8) is 0 Å². The van der Waals surface area contributed by atoms with Crippen molar-refractivity contribution in [3.05, 3.63) is 30.1 Å². The minimum Gasteiger partial charge on any atom is -0.330 e. The van der Waals surface area contributed by atoms with Gasteiger partial charge in [-0.3, -0.25) is 4.98 Å². The van der Waals surface area contributed by atoms with Crippen molar-refractivity contribution in [2.45, 2.75) is 12.8 Å². The number of hydrogen-bond acceptors (Lipinski definition) is 4. The van der Waals surface area contributed by atoms with E-state index in [9.17, 15) is 8.42 Å². The average Bonchev–Trinajstić information content (AvgIpc) is 2.25. The third kappa shape index (κ3) is 4.90. The average molecular weight is 228 g/mol. The van der Waals surface area contributed by atoms with Crippen LogP contribution in [0.15, 0.2) is 24.5 Å². The molecule has 84 valence electrons. The van der Waals surface area contributed by atoms with Crippen molar-refractivity contribution in [3.8, 4) is 0 Å². The van der Waals surface area contributed by atoms with E-state index < -0.39 is 9.84 Å². The molecular formula is C10H16N2O2S. The van der Waals surface area contributed by atoms with Gasteiger partial charge >= 0.3 is 0 Å². The lowest BCUT2D eigenvalue weighted by atomic mass is 10.2. The fourth-order valence-corrected chi connectivity index (χ4v) is 2.58. The molecule has 1 aromatic heterocycles. The van der Waals surface area contributed by atoms with Gasteiger partial charge < -0.3 is 5.73 Å². The van der Waals surface area contributed by atoms with E-state index in [2.05, 4.69) is 4.98 Å². The molecule has 0 fully saturated rings. The first-order valence-electron chi connectivity index (χ1n) is 4.93. The fraction of sp³-hybridized carbons (Fsp3) is 0.500. The number of rotatable bonds is 6. The molecule has 0 bridgehead atoms. The lowest BCUT2D eigenvalue weighted by Crippen LogP contribution is -2.15. The Morgan fingerprint density at radius 1 is 1.33 bits per heavy atom. The quantitative estimate of drug-likeness (QED) is 0.764. The molecular weight excluding hydrogens is 212 g/mol. The van der Waals surface area contributed by atoms with Crippen molar-refractivity contribution in [2.24, 2.45) is 5.73 Å². The molecule has 0 saturated carbocycles. The monoisotopic (exact) mass is 228 g/mol. The Kier molecular flexibility index (Phi) is 4.71. The van der Waals surface area contributed by atoms with Gasteiger partial charge in [0.25, 0.3) is 0 Å². The van der Waals surface area contributed by atoms with Crippen LogP contribution >= 0.6 is 0 Å². The molecule has 15 heavy (non-hydrogen) atoms. The number of aryl methyl sites for hydroxylation is 1. The minimum atomic E-state index is -2.95. The number of aromatic nitrogens is 1. The summed E-state index contributed by atoms with van der Waals surface area (Å²) in [5.41, 5.74) is 6.22. The zero-order chi connectivity index (χ0) is 11.1. The van der Waals surface area contributed by atoms with E-state index in [1.807, 2.05) is 12.1 Å². The van der Waals surface area contributed by atoms with Crippen molar-refractivity contribution < 1.29 is 8.42 Å². The summed E-state index contributed by atoms with van der Waals surface area (Å²) in [5, 5.41) is 0. The Morgan fingerprint density at radius 2 is 2.13 bits per heavy atom. The Hall–Kier alpha value is -0.940. The highest BCUT2D eigenvalue weighted by Gasteiger charge is 2.09. The van der Waals surface area contributed by atoms with Gasteiger partial charge in [0.1, 0.15) is 0 Å². The number of nitrogens with zero attached hydrogens (tertiary/aromatic N) is 1. The van der Waals surface area contributed by atoms with Crippen molar-refractivity contribution in [2.75, 3.05) is 18.1 Å². The van der Waals surface area contributed by atoms with Crippen LogP contribution in [0.25, 0.3) is 0 Å². The molecule has 1 rings (SSSR count). The molecule has 0 saturated heterocycles. The Morgan fingerprint density at radius 3 is 2.73 bits per heavy atom. The van der Waals surface area contributed by atoms with E-state index in [1.54, 1.807) is 12.4 Å². The maximum absolute atomic E-state index is 11.5. The molecule has 4 nitrogen and oxygen atoms in total. The van der Waals surface area contributed by atoms with Gasteiger partial charge in [-0.1, -0.05) is 6.07 Å². The van der Waals surface area contributed by atoms with Crippen LogP contribution in [-0.2, 0) is 16.3 Å². The van der Waals surface area contributed by atoms with Crippen LogP contribution in [0.4, 0.5) is 0 Å². The topological polar surface area (TPSA) is 73.1 Å². The fourth-order valence-electron chi connectivity index (χ4n) is 1.22. The van der Waals surface area contributed by atoms with Crippen molar-refractivity contribution in [1.29, 1.82) is 0 Å². The summed E-state index contributed by atoms with van der Waals surface area (Å²) in [5.74, 6) is 0.364. The standard InChI is InChI=1S/C10H16N2O2S/c11-5-2-7-15(13,14)8-4-10-3-1-6-12-9-10/h1,3,6,9H,2,4-5,7-8,11H2. The summed E-state index contributed by atoms with van der Waals surface area (Å²) in [6.45, 7) is 0.423. The lowest BCUT2D eigenvalue weighted by Gasteiger charge is -2.03. The molecule has 2 N–H and O–H groups in total. The summed E-state index contributed by atoms with van der Waals surface area (Å²) < 4.78 is 23.0. The number of pyridine rings is 1. The second-order valence-corrected chi connectivity index (χ2v) is 5.71. The van der Waals surface area contributed by atoms with Gasteiger partial charge in [0, 0.05) is 12.4 Å². The minimum absolute atomic E-state index is 0.179. The normalized spacial score (nSPS) is 11.5. The molecule has 0 aliphatic heterocycles. The van der Waals surface area contributed by atoms with Crippen LogP contribution in [-0.4, -0.2) is 31.5 Å². The zero-order valence-electron chi connectivity index (χ0n) is 8.59. The highest BCUT2D eigenvalue weighted by atomic mass is 32.2. The number of hydrogen-bond donors (Lipinski definition) is 1. The molecule has 0 aliphatic carbocycles. The molecule has 0 aromatic carbocycles. The maximum atomic E-state index is 11.5. The van der Waals surface area contributed by atoms with Crippen LogP contribution in [0.5, 0.6) is 0 Å². The molecule has 5 heteroatoms. The highest BCUT2D eigenvalue weighted by molar-refractivity contribution is 7.91. The van der Waals surface area contributed by atoms with Crippen molar-refractivity contribution in [1.82, 2.24) is 4.98 Å². The molecule has 0 radical (unpaired) electrons. The van der Waals surface area contributed by atoms with Crippen LogP contribution in [0.2, 0.25) is 0 Å². The summed E-state index contributed by atoms with van der Waals surface area (Å²) in [6.07, 6.45) is 4.43. The van der Waals surface area contributed by atoms with E-state index >= 15 is 0 Å².